The molecule has 0 aromatic carbocycles. The molecule has 14 heavy (non-hydrogen) atoms. The summed E-state index contributed by atoms with van der Waals surface area (Å²) in [7, 11) is 0. The maximum Gasteiger partial charge on any atom is 0.223 e. The second-order valence-electron chi connectivity index (χ2n) is 3.76. The first-order valence-corrected chi connectivity index (χ1v) is 6.35. The van der Waals surface area contributed by atoms with Crippen LogP contribution in [0.25, 0.3) is 0 Å². The highest BCUT2D eigenvalue weighted by Gasteiger charge is 2.38. The van der Waals surface area contributed by atoms with Gasteiger partial charge < -0.3 is 5.32 Å². The molecule has 2 rings (SSSR count). The van der Waals surface area contributed by atoms with Gasteiger partial charge in [0.2, 0.25) is 5.91 Å². The maximum atomic E-state index is 11.5. The van der Waals surface area contributed by atoms with Crippen LogP contribution in [0.2, 0.25) is 0 Å². The number of carbonyl (C=O) groups is 1. The summed E-state index contributed by atoms with van der Waals surface area (Å²) in [6, 6.07) is 2.03. The largest absolute Gasteiger partial charge is 0.352 e. The Hall–Kier alpha value is -0.350. The van der Waals surface area contributed by atoms with Gasteiger partial charge in [-0.15, -0.1) is 11.3 Å². The summed E-state index contributed by atoms with van der Waals surface area (Å²) >= 11 is 5.09. The number of rotatable bonds is 3. The minimum absolute atomic E-state index is 0.204. The molecule has 1 aliphatic carbocycles. The van der Waals surface area contributed by atoms with Crippen molar-refractivity contribution in [3.05, 3.63) is 20.8 Å². The standard InChI is InChI=1S/C10H12BrNOS/c1-6-4-8(6)10(13)12-5-7-2-3-14-9(7)11/h2-3,6,8H,4-5H2,1H3,(H,12,13)/t6-,8+/m1/s1. The minimum Gasteiger partial charge on any atom is -0.352 e. The second kappa shape index (κ2) is 4.03. The zero-order valence-electron chi connectivity index (χ0n) is 7.92. The Labute approximate surface area is 95.8 Å². The lowest BCUT2D eigenvalue weighted by atomic mass is 10.3. The minimum atomic E-state index is 0.204. The van der Waals surface area contributed by atoms with Crippen molar-refractivity contribution in [3.63, 3.8) is 0 Å². The fourth-order valence-corrected chi connectivity index (χ4v) is 2.69. The van der Waals surface area contributed by atoms with Gasteiger partial charge in [-0.25, -0.2) is 0 Å². The molecule has 0 spiro atoms. The first kappa shape index (κ1) is 10.2. The van der Waals surface area contributed by atoms with Crippen LogP contribution in [0.5, 0.6) is 0 Å². The van der Waals surface area contributed by atoms with Gasteiger partial charge in [0.05, 0.1) is 3.79 Å². The van der Waals surface area contributed by atoms with E-state index in [1.807, 2.05) is 11.4 Å². The molecular weight excluding hydrogens is 262 g/mol. The van der Waals surface area contributed by atoms with E-state index in [9.17, 15) is 4.79 Å². The van der Waals surface area contributed by atoms with Crippen LogP contribution in [0.15, 0.2) is 15.2 Å². The van der Waals surface area contributed by atoms with Gasteiger partial charge in [-0.1, -0.05) is 6.92 Å². The molecule has 1 saturated carbocycles. The van der Waals surface area contributed by atoms with Crippen molar-refractivity contribution in [1.82, 2.24) is 5.32 Å². The predicted octanol–water partition coefficient (Wildman–Crippen LogP) is 2.78. The number of amides is 1. The summed E-state index contributed by atoms with van der Waals surface area (Å²) in [5.41, 5.74) is 1.16. The topological polar surface area (TPSA) is 29.1 Å². The molecule has 1 heterocycles. The molecule has 0 aliphatic heterocycles. The Balaban J connectivity index is 1.83. The number of hydrogen-bond donors (Lipinski definition) is 1. The molecule has 4 heteroatoms. The van der Waals surface area contributed by atoms with Gasteiger partial charge in [-0.2, -0.15) is 0 Å². The van der Waals surface area contributed by atoms with Gasteiger partial charge >= 0.3 is 0 Å². The van der Waals surface area contributed by atoms with Crippen LogP contribution in [-0.4, -0.2) is 5.91 Å². The maximum absolute atomic E-state index is 11.5. The van der Waals surface area contributed by atoms with Gasteiger partial charge in [0.15, 0.2) is 0 Å². The van der Waals surface area contributed by atoms with E-state index in [0.717, 1.165) is 15.8 Å². The van der Waals surface area contributed by atoms with Gasteiger partial charge in [-0.05, 0) is 45.3 Å². The highest BCUT2D eigenvalue weighted by atomic mass is 79.9. The highest BCUT2D eigenvalue weighted by Crippen LogP contribution is 2.37. The molecule has 1 aromatic heterocycles. The van der Waals surface area contributed by atoms with Crippen LogP contribution in [0, 0.1) is 11.8 Å². The second-order valence-corrected chi connectivity index (χ2v) is 5.99. The van der Waals surface area contributed by atoms with Gasteiger partial charge in [0, 0.05) is 12.5 Å². The quantitative estimate of drug-likeness (QED) is 0.902. The molecule has 2 nitrogen and oxygen atoms in total. The summed E-state index contributed by atoms with van der Waals surface area (Å²) in [5, 5.41) is 4.98. The van der Waals surface area contributed by atoms with Crippen molar-refractivity contribution in [2.45, 2.75) is 19.9 Å². The number of halogens is 1. The van der Waals surface area contributed by atoms with E-state index >= 15 is 0 Å². The van der Waals surface area contributed by atoms with Crippen molar-refractivity contribution in [1.29, 1.82) is 0 Å². The number of nitrogens with one attached hydrogen (secondary N) is 1. The zero-order valence-corrected chi connectivity index (χ0v) is 10.3. The van der Waals surface area contributed by atoms with Crippen molar-refractivity contribution < 1.29 is 4.79 Å². The summed E-state index contributed by atoms with van der Waals surface area (Å²) in [6.07, 6.45) is 1.05. The van der Waals surface area contributed by atoms with E-state index in [4.69, 9.17) is 0 Å². The molecule has 1 aromatic rings. The van der Waals surface area contributed by atoms with E-state index in [2.05, 4.69) is 28.2 Å². The third-order valence-electron chi connectivity index (χ3n) is 2.59. The Kier molecular flexibility index (Phi) is 2.93. The third kappa shape index (κ3) is 2.17. The Bertz CT molecular complexity index is 350. The van der Waals surface area contributed by atoms with E-state index in [1.165, 1.54) is 0 Å². The van der Waals surface area contributed by atoms with E-state index in [-0.39, 0.29) is 11.8 Å². The normalized spacial score (nSPS) is 24.7. The smallest absolute Gasteiger partial charge is 0.223 e. The lowest BCUT2D eigenvalue weighted by Gasteiger charge is -2.02. The molecule has 76 valence electrons. The third-order valence-corrected chi connectivity index (χ3v) is 4.40. The van der Waals surface area contributed by atoms with Crippen molar-refractivity contribution in [3.8, 4) is 0 Å². The average molecular weight is 274 g/mol. The van der Waals surface area contributed by atoms with Gasteiger partial charge in [-0.3, -0.25) is 4.79 Å². The number of hydrogen-bond acceptors (Lipinski definition) is 2. The van der Waals surface area contributed by atoms with Crippen molar-refractivity contribution in [2.24, 2.45) is 11.8 Å². The van der Waals surface area contributed by atoms with Crippen LogP contribution in [0.3, 0.4) is 0 Å². The summed E-state index contributed by atoms with van der Waals surface area (Å²) < 4.78 is 1.11. The lowest BCUT2D eigenvalue weighted by molar-refractivity contribution is -0.122. The molecule has 1 fully saturated rings. The van der Waals surface area contributed by atoms with Crippen LogP contribution in [0.4, 0.5) is 0 Å². The Morgan fingerprint density at radius 3 is 3.00 bits per heavy atom. The zero-order chi connectivity index (χ0) is 10.1. The lowest BCUT2D eigenvalue weighted by Crippen LogP contribution is -2.24. The van der Waals surface area contributed by atoms with Crippen LogP contribution >= 0.6 is 27.3 Å². The van der Waals surface area contributed by atoms with Gasteiger partial charge in [0.1, 0.15) is 0 Å². The molecule has 1 amide bonds. The SMILES string of the molecule is C[C@@H]1C[C@@H]1C(=O)NCc1ccsc1Br. The summed E-state index contributed by atoms with van der Waals surface area (Å²) in [5.74, 6) is 1.06. The van der Waals surface area contributed by atoms with Crippen LogP contribution < -0.4 is 5.32 Å². The van der Waals surface area contributed by atoms with E-state index in [1.54, 1.807) is 11.3 Å². The van der Waals surface area contributed by atoms with Crippen molar-refractivity contribution in [2.75, 3.05) is 0 Å². The molecule has 0 unspecified atom stereocenters. The molecule has 0 radical (unpaired) electrons. The molecule has 0 bridgehead atoms. The Morgan fingerprint density at radius 2 is 2.50 bits per heavy atom. The molecule has 1 aliphatic rings. The first-order valence-electron chi connectivity index (χ1n) is 4.68. The van der Waals surface area contributed by atoms with Crippen LogP contribution in [-0.2, 0) is 11.3 Å². The molecular formula is C10H12BrNOS. The van der Waals surface area contributed by atoms with Crippen molar-refractivity contribution >= 4 is 33.2 Å². The monoisotopic (exact) mass is 273 g/mol. The first-order chi connectivity index (χ1) is 6.68. The number of carbonyl (C=O) groups excluding carboxylic acids is 1. The van der Waals surface area contributed by atoms with Crippen LogP contribution in [0.1, 0.15) is 18.9 Å². The van der Waals surface area contributed by atoms with E-state index < -0.39 is 0 Å². The molecule has 2 atom stereocenters. The molecule has 1 N–H and O–H groups in total. The fraction of sp³-hybridized carbons (Fsp3) is 0.500. The fourth-order valence-electron chi connectivity index (χ4n) is 1.45. The van der Waals surface area contributed by atoms with Gasteiger partial charge in [0.25, 0.3) is 0 Å². The predicted molar refractivity (Wildman–Crippen MR) is 61.1 cm³/mol. The van der Waals surface area contributed by atoms with E-state index in [0.29, 0.717) is 12.5 Å². The molecule has 0 saturated heterocycles. The Morgan fingerprint density at radius 1 is 1.79 bits per heavy atom. The number of thiophene rings is 1. The highest BCUT2D eigenvalue weighted by molar-refractivity contribution is 9.11. The average Bonchev–Trinajstić information content (AvgIpc) is 2.74. The summed E-state index contributed by atoms with van der Waals surface area (Å²) in [4.78, 5) is 11.5. The summed E-state index contributed by atoms with van der Waals surface area (Å²) in [6.45, 7) is 2.76.